The third-order valence-corrected chi connectivity index (χ3v) is 6.34. The molecule has 178 valence electrons. The van der Waals surface area contributed by atoms with E-state index < -0.39 is 11.9 Å². The normalized spacial score (nSPS) is 15.8. The number of amides is 2. The van der Waals surface area contributed by atoms with Crippen molar-refractivity contribution >= 4 is 11.8 Å². The monoisotopic (exact) mass is 461 g/mol. The van der Waals surface area contributed by atoms with E-state index in [9.17, 15) is 9.59 Å². The van der Waals surface area contributed by atoms with Crippen molar-refractivity contribution in [1.82, 2.24) is 15.6 Å². The Labute approximate surface area is 199 Å². The van der Waals surface area contributed by atoms with Gasteiger partial charge in [-0.3, -0.25) is 9.59 Å². The molecule has 1 fully saturated rings. The van der Waals surface area contributed by atoms with Gasteiger partial charge >= 0.3 is 0 Å². The van der Waals surface area contributed by atoms with Crippen molar-refractivity contribution in [3.8, 4) is 17.2 Å². The van der Waals surface area contributed by atoms with E-state index in [1.54, 1.807) is 31.4 Å². The van der Waals surface area contributed by atoms with Gasteiger partial charge in [0.25, 0.3) is 5.91 Å². The Morgan fingerprint density at radius 3 is 2.47 bits per heavy atom. The number of aromatic nitrogens is 1. The number of nitrogens with zero attached hydrogens (tertiary/aromatic N) is 1. The van der Waals surface area contributed by atoms with Crippen molar-refractivity contribution in [2.24, 2.45) is 5.92 Å². The molecule has 2 heterocycles. The van der Waals surface area contributed by atoms with Gasteiger partial charge < -0.3 is 19.8 Å². The molecule has 7 heteroatoms. The summed E-state index contributed by atoms with van der Waals surface area (Å²) in [4.78, 5) is 29.7. The highest BCUT2D eigenvalue weighted by atomic mass is 16.5. The van der Waals surface area contributed by atoms with E-state index in [-0.39, 0.29) is 23.7 Å². The maximum Gasteiger partial charge on any atom is 0.287 e. The third-order valence-electron chi connectivity index (χ3n) is 6.34. The van der Waals surface area contributed by atoms with Gasteiger partial charge in [-0.05, 0) is 55.5 Å². The Hall–Kier alpha value is -3.61. The topological polar surface area (TPSA) is 93.5 Å². The van der Waals surface area contributed by atoms with Crippen LogP contribution in [0.15, 0.2) is 65.2 Å². The fourth-order valence-corrected chi connectivity index (χ4v) is 4.42. The number of ether oxygens (including phenoxy) is 1. The van der Waals surface area contributed by atoms with Crippen LogP contribution in [0.3, 0.4) is 0 Å². The predicted octanol–water partition coefficient (Wildman–Crippen LogP) is 4.91. The standard InChI is InChI=1S/C27H31N3O4/c1-18(19-9-5-3-6-10-19)33-21-13-14-22(29-17-21)23-15-16-24(34-23)26(31)30-25(27(32)28-2)20-11-7-4-8-12-20/h3,5-6,9-10,13-18,20,25H,4,7-8,11-12H2,1-2H3,(H,28,32)(H,30,31). The maximum atomic E-state index is 12.8. The third kappa shape index (κ3) is 5.65. The Balaban J connectivity index is 1.41. The van der Waals surface area contributed by atoms with Crippen LogP contribution < -0.4 is 15.4 Å². The lowest BCUT2D eigenvalue weighted by Gasteiger charge is -2.29. The number of furan rings is 1. The number of hydrogen-bond donors (Lipinski definition) is 2. The number of hydrogen-bond acceptors (Lipinski definition) is 5. The molecule has 1 aromatic carbocycles. The lowest BCUT2D eigenvalue weighted by Crippen LogP contribution is -2.50. The van der Waals surface area contributed by atoms with Crippen LogP contribution in [0.5, 0.6) is 5.75 Å². The van der Waals surface area contributed by atoms with Crippen molar-refractivity contribution in [2.75, 3.05) is 7.05 Å². The molecule has 34 heavy (non-hydrogen) atoms. The molecule has 0 bridgehead atoms. The van der Waals surface area contributed by atoms with E-state index in [0.717, 1.165) is 31.2 Å². The highest BCUT2D eigenvalue weighted by Gasteiger charge is 2.31. The number of carbonyl (C=O) groups excluding carboxylic acids is 2. The van der Waals surface area contributed by atoms with E-state index in [0.29, 0.717) is 17.2 Å². The van der Waals surface area contributed by atoms with Crippen LogP contribution in [0.2, 0.25) is 0 Å². The second kappa shape index (κ2) is 11.0. The number of carbonyl (C=O) groups is 2. The molecule has 4 rings (SSSR count). The van der Waals surface area contributed by atoms with Crippen LogP contribution in [0.25, 0.3) is 11.5 Å². The minimum Gasteiger partial charge on any atom is -0.484 e. The van der Waals surface area contributed by atoms with Gasteiger partial charge in [-0.25, -0.2) is 4.98 Å². The molecule has 0 saturated heterocycles. The van der Waals surface area contributed by atoms with Crippen molar-refractivity contribution < 1.29 is 18.7 Å². The first-order valence-electron chi connectivity index (χ1n) is 11.9. The van der Waals surface area contributed by atoms with Crippen LogP contribution in [-0.4, -0.2) is 29.9 Å². The number of benzene rings is 1. The summed E-state index contributed by atoms with van der Waals surface area (Å²) in [7, 11) is 1.59. The highest BCUT2D eigenvalue weighted by Crippen LogP contribution is 2.28. The molecule has 3 aromatic rings. The summed E-state index contributed by atoms with van der Waals surface area (Å²) in [6.07, 6.45) is 6.73. The number of rotatable bonds is 8. The van der Waals surface area contributed by atoms with E-state index in [2.05, 4.69) is 15.6 Å². The Morgan fingerprint density at radius 1 is 1.03 bits per heavy atom. The SMILES string of the molecule is CNC(=O)C(NC(=O)c1ccc(-c2ccc(OC(C)c3ccccc3)cn2)o1)C1CCCCC1. The fraction of sp³-hybridized carbons (Fsp3) is 0.370. The van der Waals surface area contributed by atoms with Gasteiger partial charge in [0.05, 0.1) is 6.20 Å². The second-order valence-corrected chi connectivity index (χ2v) is 8.68. The smallest absolute Gasteiger partial charge is 0.287 e. The lowest BCUT2D eigenvalue weighted by molar-refractivity contribution is -0.124. The molecule has 1 aliphatic rings. The molecular formula is C27H31N3O4. The Morgan fingerprint density at radius 2 is 1.79 bits per heavy atom. The highest BCUT2D eigenvalue weighted by molar-refractivity contribution is 5.96. The van der Waals surface area contributed by atoms with Gasteiger partial charge in [0.2, 0.25) is 5.91 Å². The Kier molecular flexibility index (Phi) is 7.62. The van der Waals surface area contributed by atoms with Gasteiger partial charge in [0.1, 0.15) is 23.6 Å². The van der Waals surface area contributed by atoms with Gasteiger partial charge in [-0.1, -0.05) is 49.6 Å². The average molecular weight is 462 g/mol. The first-order chi connectivity index (χ1) is 16.5. The molecule has 0 aliphatic heterocycles. The largest absolute Gasteiger partial charge is 0.484 e. The molecule has 2 unspecified atom stereocenters. The summed E-state index contributed by atoms with van der Waals surface area (Å²) >= 11 is 0. The van der Waals surface area contributed by atoms with E-state index in [4.69, 9.17) is 9.15 Å². The molecule has 2 N–H and O–H groups in total. The summed E-state index contributed by atoms with van der Waals surface area (Å²) in [5.74, 6) is 0.836. The Bertz CT molecular complexity index is 1090. The number of likely N-dealkylation sites (N-methyl/N-ethyl adjacent to an activating group) is 1. The minimum atomic E-state index is -0.562. The quantitative estimate of drug-likeness (QED) is 0.497. The van der Waals surface area contributed by atoms with Gasteiger partial charge in [-0.2, -0.15) is 0 Å². The van der Waals surface area contributed by atoms with Crippen LogP contribution >= 0.6 is 0 Å². The van der Waals surface area contributed by atoms with E-state index in [1.165, 1.54) is 6.42 Å². The molecular weight excluding hydrogens is 430 g/mol. The van der Waals surface area contributed by atoms with Crippen molar-refractivity contribution in [3.05, 3.63) is 72.1 Å². The zero-order valence-corrected chi connectivity index (χ0v) is 19.6. The van der Waals surface area contributed by atoms with E-state index >= 15 is 0 Å². The molecule has 2 aromatic heterocycles. The molecule has 2 atom stereocenters. The number of nitrogens with one attached hydrogen (secondary N) is 2. The van der Waals surface area contributed by atoms with Crippen LogP contribution in [0.1, 0.15) is 61.3 Å². The number of pyridine rings is 1. The first-order valence-corrected chi connectivity index (χ1v) is 11.9. The summed E-state index contributed by atoms with van der Waals surface area (Å²) in [6, 6.07) is 16.3. The fourth-order valence-electron chi connectivity index (χ4n) is 4.42. The summed E-state index contributed by atoms with van der Waals surface area (Å²) < 4.78 is 11.8. The average Bonchev–Trinajstić information content (AvgIpc) is 3.39. The summed E-state index contributed by atoms with van der Waals surface area (Å²) in [5.41, 5.74) is 1.67. The van der Waals surface area contributed by atoms with Gasteiger partial charge in [0.15, 0.2) is 11.5 Å². The zero-order chi connectivity index (χ0) is 23.9. The molecule has 0 spiro atoms. The predicted molar refractivity (Wildman–Crippen MR) is 129 cm³/mol. The van der Waals surface area contributed by atoms with Crippen LogP contribution in [0.4, 0.5) is 0 Å². The van der Waals surface area contributed by atoms with Crippen molar-refractivity contribution in [3.63, 3.8) is 0 Å². The molecule has 1 aliphatic carbocycles. The van der Waals surface area contributed by atoms with Gasteiger partial charge in [0, 0.05) is 7.05 Å². The first kappa shape index (κ1) is 23.5. The van der Waals surface area contributed by atoms with Crippen LogP contribution in [0, 0.1) is 5.92 Å². The summed E-state index contributed by atoms with van der Waals surface area (Å²) in [5, 5.41) is 5.55. The van der Waals surface area contributed by atoms with Gasteiger partial charge in [-0.15, -0.1) is 0 Å². The maximum absolute atomic E-state index is 12.8. The van der Waals surface area contributed by atoms with E-state index in [1.807, 2.05) is 43.3 Å². The second-order valence-electron chi connectivity index (χ2n) is 8.68. The van der Waals surface area contributed by atoms with Crippen molar-refractivity contribution in [1.29, 1.82) is 0 Å². The molecule has 7 nitrogen and oxygen atoms in total. The molecule has 2 amide bonds. The summed E-state index contributed by atoms with van der Waals surface area (Å²) in [6.45, 7) is 1.99. The van der Waals surface area contributed by atoms with Crippen LogP contribution in [-0.2, 0) is 4.79 Å². The lowest BCUT2D eigenvalue weighted by atomic mass is 9.83. The molecule has 0 radical (unpaired) electrons. The molecule has 1 saturated carbocycles. The minimum absolute atomic E-state index is 0.106. The van der Waals surface area contributed by atoms with Crippen molar-refractivity contribution in [2.45, 2.75) is 51.2 Å². The zero-order valence-electron chi connectivity index (χ0n) is 19.6.